The van der Waals surface area contributed by atoms with Crippen LogP contribution in [0.5, 0.6) is 0 Å². The molecule has 0 aromatic heterocycles. The smallest absolute Gasteiger partial charge is 0.315 e. The van der Waals surface area contributed by atoms with Gasteiger partial charge in [0.05, 0.1) is 12.7 Å². The normalized spacial score (nSPS) is 46.0. The third-order valence-electron chi connectivity index (χ3n) is 8.26. The molecule has 6 heteroatoms. The monoisotopic (exact) mass is 390 g/mol. The molecule has 1 saturated heterocycles. The molecule has 4 aliphatic rings. The van der Waals surface area contributed by atoms with Crippen LogP contribution in [0, 0.1) is 34.0 Å². The minimum atomic E-state index is -1.15. The number of carbonyl (C=O) groups is 3. The minimum absolute atomic E-state index is 0.119. The van der Waals surface area contributed by atoms with Gasteiger partial charge in [0.2, 0.25) is 0 Å². The summed E-state index contributed by atoms with van der Waals surface area (Å²) in [5, 5.41) is 11.6. The van der Waals surface area contributed by atoms with Crippen LogP contribution in [0.3, 0.4) is 0 Å². The van der Waals surface area contributed by atoms with Gasteiger partial charge in [-0.2, -0.15) is 0 Å². The van der Waals surface area contributed by atoms with E-state index >= 15 is 0 Å². The average molecular weight is 390 g/mol. The Morgan fingerprint density at radius 2 is 2.04 bits per heavy atom. The summed E-state index contributed by atoms with van der Waals surface area (Å²) >= 11 is 0. The summed E-state index contributed by atoms with van der Waals surface area (Å²) < 4.78 is 11.5. The number of carbonyl (C=O) groups excluding carboxylic acids is 3. The highest BCUT2D eigenvalue weighted by molar-refractivity contribution is 5.82. The second kappa shape index (κ2) is 6.15. The van der Waals surface area contributed by atoms with Gasteiger partial charge in [-0.15, -0.1) is 0 Å². The molecule has 3 saturated carbocycles. The zero-order valence-electron chi connectivity index (χ0n) is 16.9. The van der Waals surface area contributed by atoms with Crippen molar-refractivity contribution in [3.63, 3.8) is 0 Å². The highest BCUT2D eigenvalue weighted by Gasteiger charge is 2.79. The first-order valence-electron chi connectivity index (χ1n) is 10.3. The molecule has 2 bridgehead atoms. The molecule has 1 aliphatic heterocycles. The SMILES string of the molecule is C=C(C=O)[C@@H]1CC(OC(C)=O)[C@@H]2C3(C1)C(=O)OCC21CCCC(C)(C)[C@H]1C3O. The molecule has 0 amide bonds. The number of aliphatic hydroxyl groups is 1. The first-order chi connectivity index (χ1) is 13.1. The van der Waals surface area contributed by atoms with Gasteiger partial charge in [0.15, 0.2) is 0 Å². The second-order valence-corrected chi connectivity index (χ2v) is 10.1. The molecule has 154 valence electrons. The van der Waals surface area contributed by atoms with Crippen LogP contribution in [0.2, 0.25) is 0 Å². The maximum Gasteiger partial charge on any atom is 0.315 e. The van der Waals surface area contributed by atoms with Crippen LogP contribution in [-0.4, -0.2) is 42.1 Å². The lowest BCUT2D eigenvalue weighted by Crippen LogP contribution is -2.60. The fourth-order valence-electron chi connectivity index (χ4n) is 7.53. The lowest BCUT2D eigenvalue weighted by molar-refractivity contribution is -0.211. The summed E-state index contributed by atoms with van der Waals surface area (Å²) in [6.45, 7) is 9.78. The van der Waals surface area contributed by atoms with Crippen molar-refractivity contribution >= 4 is 18.2 Å². The van der Waals surface area contributed by atoms with Crippen LogP contribution in [0.25, 0.3) is 0 Å². The summed E-state index contributed by atoms with van der Waals surface area (Å²) in [6.07, 6.45) is 2.86. The summed E-state index contributed by atoms with van der Waals surface area (Å²) in [5.74, 6) is -1.56. The lowest BCUT2D eigenvalue weighted by atomic mass is 9.51. The Morgan fingerprint density at radius 3 is 2.68 bits per heavy atom. The van der Waals surface area contributed by atoms with Crippen molar-refractivity contribution in [3.05, 3.63) is 12.2 Å². The van der Waals surface area contributed by atoms with Gasteiger partial charge in [-0.1, -0.05) is 26.8 Å². The quantitative estimate of drug-likeness (QED) is 0.452. The Morgan fingerprint density at radius 1 is 1.32 bits per heavy atom. The van der Waals surface area contributed by atoms with Gasteiger partial charge in [0, 0.05) is 24.2 Å². The zero-order valence-corrected chi connectivity index (χ0v) is 16.9. The Kier molecular flexibility index (Phi) is 4.31. The van der Waals surface area contributed by atoms with Crippen molar-refractivity contribution in [1.29, 1.82) is 0 Å². The molecular formula is C22H30O6. The number of ether oxygens (including phenoxy) is 2. The molecular weight excluding hydrogens is 360 g/mol. The van der Waals surface area contributed by atoms with E-state index in [1.165, 1.54) is 6.92 Å². The van der Waals surface area contributed by atoms with E-state index in [2.05, 4.69) is 20.4 Å². The predicted octanol–water partition coefficient (Wildman–Crippen LogP) is 2.43. The first-order valence-corrected chi connectivity index (χ1v) is 10.3. The van der Waals surface area contributed by atoms with Crippen LogP contribution in [-0.2, 0) is 23.9 Å². The van der Waals surface area contributed by atoms with E-state index in [0.717, 1.165) is 19.3 Å². The summed E-state index contributed by atoms with van der Waals surface area (Å²) in [6, 6.07) is 0. The third-order valence-corrected chi connectivity index (χ3v) is 8.26. The van der Waals surface area contributed by atoms with Gasteiger partial charge in [-0.25, -0.2) is 0 Å². The Balaban J connectivity index is 1.90. The lowest BCUT2D eigenvalue weighted by Gasteiger charge is -2.56. The van der Waals surface area contributed by atoms with Crippen LogP contribution in [0.15, 0.2) is 12.2 Å². The fraction of sp³-hybridized carbons (Fsp3) is 0.773. The van der Waals surface area contributed by atoms with Crippen molar-refractivity contribution in [2.45, 2.75) is 65.1 Å². The fourth-order valence-corrected chi connectivity index (χ4v) is 7.53. The van der Waals surface area contributed by atoms with Crippen LogP contribution < -0.4 is 0 Å². The van der Waals surface area contributed by atoms with E-state index in [0.29, 0.717) is 24.7 Å². The van der Waals surface area contributed by atoms with E-state index in [4.69, 9.17) is 9.47 Å². The minimum Gasteiger partial charge on any atom is -0.465 e. The maximum absolute atomic E-state index is 13.2. The van der Waals surface area contributed by atoms with Crippen molar-refractivity contribution in [3.8, 4) is 0 Å². The van der Waals surface area contributed by atoms with Gasteiger partial charge < -0.3 is 14.6 Å². The number of aldehydes is 1. The van der Waals surface area contributed by atoms with Crippen molar-refractivity contribution in [2.24, 2.45) is 34.0 Å². The van der Waals surface area contributed by atoms with Crippen molar-refractivity contribution < 1.29 is 29.0 Å². The van der Waals surface area contributed by atoms with Crippen molar-refractivity contribution in [2.75, 3.05) is 6.61 Å². The molecule has 0 aromatic carbocycles. The molecule has 1 heterocycles. The predicted molar refractivity (Wildman–Crippen MR) is 99.9 cm³/mol. The highest BCUT2D eigenvalue weighted by Crippen LogP contribution is 2.73. The number of hydrogen-bond donors (Lipinski definition) is 1. The van der Waals surface area contributed by atoms with Crippen LogP contribution in [0.4, 0.5) is 0 Å². The zero-order chi connectivity index (χ0) is 20.5. The number of aliphatic hydroxyl groups excluding tert-OH is 1. The number of hydrogen-bond acceptors (Lipinski definition) is 6. The number of cyclic esters (lactones) is 1. The topological polar surface area (TPSA) is 89.9 Å². The second-order valence-electron chi connectivity index (χ2n) is 10.1. The molecule has 28 heavy (non-hydrogen) atoms. The van der Waals surface area contributed by atoms with E-state index in [1.807, 2.05) is 0 Å². The van der Waals surface area contributed by atoms with Gasteiger partial charge in [-0.3, -0.25) is 14.4 Å². The van der Waals surface area contributed by atoms with Gasteiger partial charge >= 0.3 is 11.9 Å². The van der Waals surface area contributed by atoms with E-state index in [-0.39, 0.29) is 29.8 Å². The molecule has 0 aromatic rings. The molecule has 7 atom stereocenters. The Labute approximate surface area is 165 Å². The Hall–Kier alpha value is -1.69. The van der Waals surface area contributed by atoms with Crippen LogP contribution in [0.1, 0.15) is 52.9 Å². The Bertz CT molecular complexity index is 741. The first kappa shape index (κ1) is 19.6. The molecule has 4 rings (SSSR count). The van der Waals surface area contributed by atoms with Crippen LogP contribution >= 0.6 is 0 Å². The van der Waals surface area contributed by atoms with Gasteiger partial charge in [0.1, 0.15) is 17.8 Å². The largest absolute Gasteiger partial charge is 0.465 e. The van der Waals surface area contributed by atoms with Crippen molar-refractivity contribution in [1.82, 2.24) is 0 Å². The highest BCUT2D eigenvalue weighted by atomic mass is 16.6. The summed E-state index contributed by atoms with van der Waals surface area (Å²) in [4.78, 5) is 36.6. The third kappa shape index (κ3) is 2.33. The van der Waals surface area contributed by atoms with Gasteiger partial charge in [-0.05, 0) is 42.6 Å². The molecule has 3 aliphatic carbocycles. The summed E-state index contributed by atoms with van der Waals surface area (Å²) in [7, 11) is 0. The number of esters is 2. The molecule has 6 nitrogen and oxygen atoms in total. The maximum atomic E-state index is 13.2. The summed E-state index contributed by atoms with van der Waals surface area (Å²) in [5.41, 5.74) is -1.34. The molecule has 1 spiro atoms. The standard InChI is InChI=1S/C22H30O6/c1-12(10-23)14-8-15(28-13(2)24)16-21-7-5-6-20(3,4)17(21)18(25)22(16,9-14)19(26)27-11-21/h10,14-18,25H,1,5-9,11H2,2-4H3/t14-,15?,16+,17-,18?,21?,22?/m1/s1. The number of allylic oxidation sites excluding steroid dienone is 1. The van der Waals surface area contributed by atoms with Gasteiger partial charge in [0.25, 0.3) is 0 Å². The molecule has 4 unspecified atom stereocenters. The number of rotatable bonds is 3. The van der Waals surface area contributed by atoms with E-state index in [9.17, 15) is 19.5 Å². The average Bonchev–Trinajstić information content (AvgIpc) is 2.81. The molecule has 1 N–H and O–H groups in total. The van der Waals surface area contributed by atoms with E-state index in [1.54, 1.807) is 0 Å². The molecule has 0 radical (unpaired) electrons. The van der Waals surface area contributed by atoms with E-state index < -0.39 is 35.0 Å². The molecule has 4 fully saturated rings.